The standard InChI is InChI=1S/C13H16N2O3S/c16-12(10-2-1-5-14(10)9-3-4-9)15-6-7-19-8-11(15)13(17)18/h1-2,5,9,11H,3-4,6-8H2,(H,17,18). The predicted octanol–water partition coefficient (Wildman–Crippen LogP) is 1.47. The Hall–Kier alpha value is -1.43. The van der Waals surface area contributed by atoms with Crippen LogP contribution in [0.1, 0.15) is 29.4 Å². The van der Waals surface area contributed by atoms with Gasteiger partial charge in [-0.25, -0.2) is 4.79 Å². The molecule has 2 heterocycles. The van der Waals surface area contributed by atoms with Crippen molar-refractivity contribution in [3.05, 3.63) is 24.0 Å². The molecular weight excluding hydrogens is 264 g/mol. The average Bonchev–Trinajstić information content (AvgIpc) is 3.15. The van der Waals surface area contributed by atoms with Crippen molar-refractivity contribution in [2.24, 2.45) is 0 Å². The van der Waals surface area contributed by atoms with Crippen LogP contribution >= 0.6 is 11.8 Å². The van der Waals surface area contributed by atoms with Crippen LogP contribution in [0.25, 0.3) is 0 Å². The Balaban J connectivity index is 1.85. The van der Waals surface area contributed by atoms with E-state index in [0.29, 0.717) is 24.0 Å². The summed E-state index contributed by atoms with van der Waals surface area (Å²) in [6.07, 6.45) is 4.12. The van der Waals surface area contributed by atoms with Gasteiger partial charge in [0.15, 0.2) is 0 Å². The van der Waals surface area contributed by atoms with E-state index in [4.69, 9.17) is 0 Å². The smallest absolute Gasteiger partial charge is 0.327 e. The number of hydrogen-bond acceptors (Lipinski definition) is 3. The Labute approximate surface area is 115 Å². The van der Waals surface area contributed by atoms with Crippen molar-refractivity contribution < 1.29 is 14.7 Å². The van der Waals surface area contributed by atoms with Gasteiger partial charge in [-0.15, -0.1) is 0 Å². The summed E-state index contributed by atoms with van der Waals surface area (Å²) in [4.78, 5) is 25.3. The van der Waals surface area contributed by atoms with Crippen molar-refractivity contribution >= 4 is 23.6 Å². The van der Waals surface area contributed by atoms with E-state index in [1.807, 2.05) is 16.8 Å². The Kier molecular flexibility index (Phi) is 3.26. The zero-order valence-electron chi connectivity index (χ0n) is 10.5. The van der Waals surface area contributed by atoms with Crippen molar-refractivity contribution in [2.75, 3.05) is 18.1 Å². The lowest BCUT2D eigenvalue weighted by atomic mass is 10.2. The first-order valence-electron chi connectivity index (χ1n) is 6.47. The lowest BCUT2D eigenvalue weighted by Gasteiger charge is -2.32. The zero-order valence-corrected chi connectivity index (χ0v) is 11.3. The highest BCUT2D eigenvalue weighted by atomic mass is 32.2. The van der Waals surface area contributed by atoms with E-state index in [2.05, 4.69) is 0 Å². The largest absolute Gasteiger partial charge is 0.480 e. The number of carbonyl (C=O) groups excluding carboxylic acids is 1. The van der Waals surface area contributed by atoms with E-state index in [1.165, 1.54) is 4.90 Å². The molecule has 1 aliphatic heterocycles. The minimum atomic E-state index is -0.912. The van der Waals surface area contributed by atoms with Crippen molar-refractivity contribution in [1.82, 2.24) is 9.47 Å². The molecule has 2 fully saturated rings. The number of nitrogens with zero attached hydrogens (tertiary/aromatic N) is 2. The first kappa shape index (κ1) is 12.6. The van der Waals surface area contributed by atoms with Gasteiger partial charge in [0.2, 0.25) is 0 Å². The summed E-state index contributed by atoms with van der Waals surface area (Å²) in [7, 11) is 0. The highest BCUT2D eigenvalue weighted by Crippen LogP contribution is 2.36. The molecule has 1 aromatic rings. The second kappa shape index (κ2) is 4.92. The van der Waals surface area contributed by atoms with Gasteiger partial charge >= 0.3 is 5.97 Å². The van der Waals surface area contributed by atoms with Crippen LogP contribution in [0.5, 0.6) is 0 Å². The van der Waals surface area contributed by atoms with Crippen molar-refractivity contribution in [2.45, 2.75) is 24.9 Å². The minimum Gasteiger partial charge on any atom is -0.480 e. The molecule has 6 heteroatoms. The summed E-state index contributed by atoms with van der Waals surface area (Å²) in [5.74, 6) is 0.222. The van der Waals surface area contributed by atoms with Crippen molar-refractivity contribution in [1.29, 1.82) is 0 Å². The number of thioether (sulfide) groups is 1. The molecule has 0 bridgehead atoms. The van der Waals surface area contributed by atoms with Crippen LogP contribution in [-0.2, 0) is 4.79 Å². The maximum absolute atomic E-state index is 12.6. The molecular formula is C13H16N2O3S. The number of aliphatic carboxylic acids is 1. The molecule has 1 unspecified atom stereocenters. The summed E-state index contributed by atoms with van der Waals surface area (Å²) < 4.78 is 1.99. The molecule has 0 spiro atoms. The summed E-state index contributed by atoms with van der Waals surface area (Å²) in [6, 6.07) is 3.38. The third-order valence-corrected chi connectivity index (χ3v) is 4.64. The van der Waals surface area contributed by atoms with E-state index in [0.717, 1.165) is 18.6 Å². The molecule has 1 saturated carbocycles. The molecule has 2 aliphatic rings. The molecule has 1 aliphatic carbocycles. The normalized spacial score (nSPS) is 23.4. The maximum atomic E-state index is 12.6. The quantitative estimate of drug-likeness (QED) is 0.910. The Morgan fingerprint density at radius 3 is 2.84 bits per heavy atom. The fourth-order valence-corrected chi connectivity index (χ4v) is 3.48. The Morgan fingerprint density at radius 2 is 2.16 bits per heavy atom. The molecule has 19 heavy (non-hydrogen) atoms. The monoisotopic (exact) mass is 280 g/mol. The number of hydrogen-bond donors (Lipinski definition) is 1. The third-order valence-electron chi connectivity index (χ3n) is 3.61. The van der Waals surface area contributed by atoms with Crippen LogP contribution < -0.4 is 0 Å². The Morgan fingerprint density at radius 1 is 1.37 bits per heavy atom. The highest BCUT2D eigenvalue weighted by molar-refractivity contribution is 7.99. The molecule has 102 valence electrons. The van der Waals surface area contributed by atoms with Gasteiger partial charge in [0.05, 0.1) is 0 Å². The van der Waals surface area contributed by atoms with E-state index < -0.39 is 12.0 Å². The molecule has 0 radical (unpaired) electrons. The molecule has 1 atom stereocenters. The lowest BCUT2D eigenvalue weighted by molar-refractivity contribution is -0.141. The number of rotatable bonds is 3. The Bertz CT molecular complexity index is 510. The molecule has 5 nitrogen and oxygen atoms in total. The highest BCUT2D eigenvalue weighted by Gasteiger charge is 2.35. The van der Waals surface area contributed by atoms with Gasteiger partial charge in [-0.05, 0) is 25.0 Å². The summed E-state index contributed by atoms with van der Waals surface area (Å²) in [5, 5.41) is 9.23. The fourth-order valence-electron chi connectivity index (χ4n) is 2.44. The van der Waals surface area contributed by atoms with Gasteiger partial charge in [-0.3, -0.25) is 4.79 Å². The second-order valence-electron chi connectivity index (χ2n) is 4.96. The number of carbonyl (C=O) groups is 2. The van der Waals surface area contributed by atoms with E-state index in [-0.39, 0.29) is 5.91 Å². The average molecular weight is 280 g/mol. The van der Waals surface area contributed by atoms with Gasteiger partial charge in [-0.1, -0.05) is 0 Å². The summed E-state index contributed by atoms with van der Waals surface area (Å²) >= 11 is 1.59. The zero-order chi connectivity index (χ0) is 13.4. The summed E-state index contributed by atoms with van der Waals surface area (Å²) in [6.45, 7) is 0.510. The molecule has 1 amide bonds. The van der Waals surface area contributed by atoms with E-state index >= 15 is 0 Å². The molecule has 1 aromatic heterocycles. The van der Waals surface area contributed by atoms with Crippen molar-refractivity contribution in [3.63, 3.8) is 0 Å². The van der Waals surface area contributed by atoms with E-state index in [9.17, 15) is 14.7 Å². The number of carboxylic acids is 1. The van der Waals surface area contributed by atoms with Crippen LogP contribution in [0, 0.1) is 0 Å². The van der Waals surface area contributed by atoms with Crippen LogP contribution in [0.4, 0.5) is 0 Å². The van der Waals surface area contributed by atoms with E-state index in [1.54, 1.807) is 17.8 Å². The first-order valence-corrected chi connectivity index (χ1v) is 7.62. The fraction of sp³-hybridized carbons (Fsp3) is 0.538. The molecule has 0 aromatic carbocycles. The second-order valence-corrected chi connectivity index (χ2v) is 6.11. The minimum absolute atomic E-state index is 0.149. The van der Waals surface area contributed by atoms with Crippen LogP contribution in [0.3, 0.4) is 0 Å². The van der Waals surface area contributed by atoms with Crippen LogP contribution in [0.15, 0.2) is 18.3 Å². The van der Waals surface area contributed by atoms with Gasteiger partial charge < -0.3 is 14.6 Å². The SMILES string of the molecule is O=C(O)C1CSCCN1C(=O)c1cccn1C1CC1. The molecule has 1 saturated heterocycles. The lowest BCUT2D eigenvalue weighted by Crippen LogP contribution is -2.50. The van der Waals surface area contributed by atoms with Crippen LogP contribution in [-0.4, -0.2) is 50.5 Å². The summed E-state index contributed by atoms with van der Waals surface area (Å²) in [5.41, 5.74) is 0.626. The topological polar surface area (TPSA) is 62.5 Å². The molecule has 1 N–H and O–H groups in total. The molecule has 3 rings (SSSR count). The number of carboxylic acid groups (broad SMARTS) is 1. The van der Waals surface area contributed by atoms with Crippen molar-refractivity contribution in [3.8, 4) is 0 Å². The third kappa shape index (κ3) is 2.36. The van der Waals surface area contributed by atoms with Gasteiger partial charge in [0.1, 0.15) is 11.7 Å². The van der Waals surface area contributed by atoms with Crippen LogP contribution in [0.2, 0.25) is 0 Å². The first-order chi connectivity index (χ1) is 9.18. The van der Waals surface area contributed by atoms with Gasteiger partial charge in [0.25, 0.3) is 5.91 Å². The number of aromatic nitrogens is 1. The number of amides is 1. The van der Waals surface area contributed by atoms with Gasteiger partial charge in [-0.2, -0.15) is 11.8 Å². The predicted molar refractivity (Wildman–Crippen MR) is 72.5 cm³/mol. The maximum Gasteiger partial charge on any atom is 0.327 e. The van der Waals surface area contributed by atoms with Gasteiger partial charge in [0, 0.05) is 30.3 Å².